The molecule has 132 valence electrons. The monoisotopic (exact) mass is 382 g/mol. The Kier molecular flexibility index (Phi) is 8.25. The lowest BCUT2D eigenvalue weighted by Gasteiger charge is -2.36. The van der Waals surface area contributed by atoms with Gasteiger partial charge < -0.3 is 14.8 Å². The number of ether oxygens (including phenoxy) is 2. The van der Waals surface area contributed by atoms with E-state index in [1.165, 1.54) is 0 Å². The molecule has 0 bridgehead atoms. The average Bonchev–Trinajstić information content (AvgIpc) is 2.92. The molecule has 0 radical (unpaired) electrons. The molecule has 2 aliphatic rings. The third-order valence-electron chi connectivity index (χ3n) is 4.14. The van der Waals surface area contributed by atoms with Crippen molar-refractivity contribution in [3.8, 4) is 11.5 Å². The molecule has 0 amide bonds. The fourth-order valence-electron chi connectivity index (χ4n) is 3.10. The summed E-state index contributed by atoms with van der Waals surface area (Å²) in [6.45, 7) is 9.00. The molecule has 2 aliphatic heterocycles. The Morgan fingerprint density at radius 3 is 2.35 bits per heavy atom. The van der Waals surface area contributed by atoms with Crippen LogP contribution in [-0.4, -0.2) is 37.9 Å². The number of fused-ring (bicyclic) bond motifs is 1. The quantitative estimate of drug-likeness (QED) is 0.855. The summed E-state index contributed by atoms with van der Waals surface area (Å²) in [4.78, 5) is 2.53. The van der Waals surface area contributed by atoms with Crippen molar-refractivity contribution in [2.24, 2.45) is 5.92 Å². The van der Waals surface area contributed by atoms with E-state index in [-0.39, 0.29) is 31.6 Å². The van der Waals surface area contributed by atoms with Crippen LogP contribution in [0.3, 0.4) is 0 Å². The molecule has 1 aromatic carbocycles. The first kappa shape index (κ1) is 20.7. The lowest BCUT2D eigenvalue weighted by molar-refractivity contribution is 0.153. The molecule has 1 aromatic rings. The first-order valence-corrected chi connectivity index (χ1v) is 8.06. The molecule has 0 aromatic heterocycles. The van der Waals surface area contributed by atoms with E-state index < -0.39 is 0 Å². The van der Waals surface area contributed by atoms with Gasteiger partial charge in [0.2, 0.25) is 6.79 Å². The number of piperazine rings is 1. The van der Waals surface area contributed by atoms with Crippen LogP contribution in [0.15, 0.2) is 12.1 Å². The number of nitrogens with one attached hydrogen (secondary N) is 1. The zero-order chi connectivity index (χ0) is 14.8. The minimum Gasteiger partial charge on any atom is -0.454 e. The number of rotatable bonds is 4. The summed E-state index contributed by atoms with van der Waals surface area (Å²) in [5, 5.41) is 4.19. The third-order valence-corrected chi connectivity index (χ3v) is 4.47. The zero-order valence-electron chi connectivity index (χ0n) is 13.5. The van der Waals surface area contributed by atoms with Crippen molar-refractivity contribution in [2.45, 2.75) is 26.3 Å². The number of benzene rings is 1. The molecule has 1 atom stereocenters. The van der Waals surface area contributed by atoms with Crippen LogP contribution in [0, 0.1) is 5.92 Å². The van der Waals surface area contributed by atoms with Crippen LogP contribution in [0.5, 0.6) is 11.5 Å². The standard InChI is InChI=1S/C16H23ClN2O2.2ClH/c1-11(2)7-14(19-5-3-18-4-6-19)12-8-15-16(9-13(12)17)21-10-20-15;;/h8-9,11,14,18H,3-7,10H2,1-2H3;2*1H/t14-;;/m1../s1. The van der Waals surface area contributed by atoms with Crippen LogP contribution in [0.4, 0.5) is 0 Å². The van der Waals surface area contributed by atoms with E-state index >= 15 is 0 Å². The van der Waals surface area contributed by atoms with Gasteiger partial charge in [-0.2, -0.15) is 0 Å². The van der Waals surface area contributed by atoms with Gasteiger partial charge in [-0.25, -0.2) is 0 Å². The van der Waals surface area contributed by atoms with Gasteiger partial charge in [-0.05, 0) is 24.0 Å². The van der Waals surface area contributed by atoms with E-state index in [1.54, 1.807) is 0 Å². The minimum absolute atomic E-state index is 0. The molecule has 3 rings (SSSR count). The van der Waals surface area contributed by atoms with Gasteiger partial charge in [-0.15, -0.1) is 24.8 Å². The normalized spacial score (nSPS) is 18.3. The molecule has 0 saturated carbocycles. The first-order valence-electron chi connectivity index (χ1n) is 7.69. The number of hydrogen-bond acceptors (Lipinski definition) is 4. The Balaban J connectivity index is 0.00000132. The molecule has 1 N–H and O–H groups in total. The zero-order valence-corrected chi connectivity index (χ0v) is 15.9. The molecule has 0 unspecified atom stereocenters. The van der Waals surface area contributed by atoms with Crippen molar-refractivity contribution in [3.05, 3.63) is 22.7 Å². The highest BCUT2D eigenvalue weighted by Crippen LogP contribution is 2.41. The summed E-state index contributed by atoms with van der Waals surface area (Å²) in [6.07, 6.45) is 1.10. The van der Waals surface area contributed by atoms with Gasteiger partial charge >= 0.3 is 0 Å². The molecule has 2 heterocycles. The highest BCUT2D eigenvalue weighted by molar-refractivity contribution is 6.31. The van der Waals surface area contributed by atoms with Crippen molar-refractivity contribution >= 4 is 36.4 Å². The van der Waals surface area contributed by atoms with E-state index in [0.29, 0.717) is 12.0 Å². The van der Waals surface area contributed by atoms with Crippen LogP contribution in [0.2, 0.25) is 5.02 Å². The van der Waals surface area contributed by atoms with Gasteiger partial charge in [-0.3, -0.25) is 4.90 Å². The predicted molar refractivity (Wildman–Crippen MR) is 98.7 cm³/mol. The topological polar surface area (TPSA) is 33.7 Å². The van der Waals surface area contributed by atoms with Crippen LogP contribution >= 0.6 is 36.4 Å². The maximum atomic E-state index is 6.53. The molecular formula is C16H25Cl3N2O2. The minimum atomic E-state index is 0. The maximum absolute atomic E-state index is 6.53. The van der Waals surface area contributed by atoms with E-state index in [1.807, 2.05) is 6.07 Å². The maximum Gasteiger partial charge on any atom is 0.231 e. The van der Waals surface area contributed by atoms with Gasteiger partial charge in [0.05, 0.1) is 0 Å². The highest BCUT2D eigenvalue weighted by Gasteiger charge is 2.27. The Morgan fingerprint density at radius 1 is 1.13 bits per heavy atom. The van der Waals surface area contributed by atoms with Gasteiger partial charge in [0.25, 0.3) is 0 Å². The first-order chi connectivity index (χ1) is 10.1. The molecule has 7 heteroatoms. The molecule has 0 aliphatic carbocycles. The van der Waals surface area contributed by atoms with E-state index in [0.717, 1.165) is 54.7 Å². The van der Waals surface area contributed by atoms with Crippen molar-refractivity contribution in [3.63, 3.8) is 0 Å². The van der Waals surface area contributed by atoms with Crippen molar-refractivity contribution in [1.29, 1.82) is 0 Å². The van der Waals surface area contributed by atoms with E-state index in [2.05, 4.69) is 30.1 Å². The van der Waals surface area contributed by atoms with E-state index in [9.17, 15) is 0 Å². The predicted octanol–water partition coefficient (Wildman–Crippen LogP) is 3.90. The molecule has 4 nitrogen and oxygen atoms in total. The Morgan fingerprint density at radius 2 is 1.74 bits per heavy atom. The smallest absolute Gasteiger partial charge is 0.231 e. The summed E-state index contributed by atoms with van der Waals surface area (Å²) in [5.74, 6) is 2.19. The number of nitrogens with zero attached hydrogens (tertiary/aromatic N) is 1. The summed E-state index contributed by atoms with van der Waals surface area (Å²) >= 11 is 6.53. The molecule has 1 saturated heterocycles. The van der Waals surface area contributed by atoms with Gasteiger partial charge in [-0.1, -0.05) is 25.4 Å². The fourth-order valence-corrected chi connectivity index (χ4v) is 3.38. The van der Waals surface area contributed by atoms with E-state index in [4.69, 9.17) is 21.1 Å². The van der Waals surface area contributed by atoms with Crippen molar-refractivity contribution < 1.29 is 9.47 Å². The summed E-state index contributed by atoms with van der Waals surface area (Å²) in [6, 6.07) is 4.31. The number of hydrogen-bond donors (Lipinski definition) is 1. The molecule has 1 fully saturated rings. The van der Waals surface area contributed by atoms with Crippen molar-refractivity contribution in [2.75, 3.05) is 33.0 Å². The lowest BCUT2D eigenvalue weighted by Crippen LogP contribution is -2.45. The van der Waals surface area contributed by atoms with Gasteiger partial charge in [0, 0.05) is 43.3 Å². The fraction of sp³-hybridized carbons (Fsp3) is 0.625. The summed E-state index contributed by atoms with van der Waals surface area (Å²) < 4.78 is 10.9. The van der Waals surface area contributed by atoms with Crippen LogP contribution < -0.4 is 14.8 Å². The van der Waals surface area contributed by atoms with Crippen LogP contribution in [0.25, 0.3) is 0 Å². The summed E-state index contributed by atoms with van der Waals surface area (Å²) in [7, 11) is 0. The SMILES string of the molecule is CC(C)C[C@H](c1cc2c(cc1Cl)OCO2)N1CCNCC1.Cl.Cl. The van der Waals surface area contributed by atoms with Crippen LogP contribution in [-0.2, 0) is 0 Å². The summed E-state index contributed by atoms with van der Waals surface area (Å²) in [5.41, 5.74) is 1.16. The molecular weight excluding hydrogens is 359 g/mol. The highest BCUT2D eigenvalue weighted by atomic mass is 35.5. The van der Waals surface area contributed by atoms with Crippen molar-refractivity contribution in [1.82, 2.24) is 10.2 Å². The second-order valence-electron chi connectivity index (χ2n) is 6.16. The molecule has 0 spiro atoms. The second kappa shape index (κ2) is 9.19. The Bertz CT molecular complexity index is 508. The number of halogens is 3. The molecule has 23 heavy (non-hydrogen) atoms. The van der Waals surface area contributed by atoms with Gasteiger partial charge in [0.1, 0.15) is 0 Å². The Labute approximate surface area is 155 Å². The second-order valence-corrected chi connectivity index (χ2v) is 6.57. The third kappa shape index (κ3) is 4.80. The average molecular weight is 384 g/mol. The van der Waals surface area contributed by atoms with Gasteiger partial charge in [0.15, 0.2) is 11.5 Å². The lowest BCUT2D eigenvalue weighted by atomic mass is 9.94. The Hall–Kier alpha value is -0.390. The van der Waals surface area contributed by atoms with Crippen LogP contribution in [0.1, 0.15) is 31.9 Å². The largest absolute Gasteiger partial charge is 0.454 e.